The molecule has 0 bridgehead atoms. The van der Waals surface area contributed by atoms with Crippen LogP contribution in [0.15, 0.2) is 149 Å². The Balaban J connectivity index is 0.000000192. The molecule has 0 radical (unpaired) electrons. The topological polar surface area (TPSA) is 59.9 Å². The fourth-order valence-electron chi connectivity index (χ4n) is 4.94. The molecule has 52 heavy (non-hydrogen) atoms. The highest BCUT2D eigenvalue weighted by Crippen LogP contribution is 2.23. The van der Waals surface area contributed by atoms with E-state index in [9.17, 15) is 13.2 Å². The average molecular weight is 705 g/mol. The first kappa shape index (κ1) is 40.4. The highest BCUT2D eigenvalue weighted by molar-refractivity contribution is 7.91. The third kappa shape index (κ3) is 11.8. The van der Waals surface area contributed by atoms with Gasteiger partial charge in [-0.3, -0.25) is 4.79 Å². The Labute approximate surface area is 309 Å². The molecule has 0 aliphatic rings. The maximum absolute atomic E-state index is 12.3. The molecule has 0 N–H and O–H groups in total. The number of sulfone groups is 1. The molecule has 0 aromatic heterocycles. The summed E-state index contributed by atoms with van der Waals surface area (Å²) in [4.78, 5) is 19.4. The van der Waals surface area contributed by atoms with Gasteiger partial charge in [0, 0.05) is 11.1 Å². The predicted molar refractivity (Wildman–Crippen MR) is 213 cm³/mol. The van der Waals surface area contributed by atoms with Gasteiger partial charge in [0.2, 0.25) is 9.84 Å². The summed E-state index contributed by atoms with van der Waals surface area (Å²) >= 11 is 0. The number of benzene rings is 6. The Kier molecular flexibility index (Phi) is 15.0. The second kappa shape index (κ2) is 19.3. The van der Waals surface area contributed by atoms with Crippen LogP contribution in [0.3, 0.4) is 0 Å². The Morgan fingerprint density at radius 1 is 0.462 bits per heavy atom. The number of rotatable bonds is 4. The largest absolute Gasteiger partial charge is 0.289 e. The van der Waals surface area contributed by atoms with Gasteiger partial charge in [0.05, 0.1) is 22.9 Å². The van der Waals surface area contributed by atoms with E-state index in [-0.39, 0.29) is 5.78 Å². The minimum Gasteiger partial charge on any atom is -0.289 e. The summed E-state index contributed by atoms with van der Waals surface area (Å²) in [6, 6.07) is 42.5. The van der Waals surface area contributed by atoms with Crippen LogP contribution in [0.5, 0.6) is 0 Å². The number of carbonyl (C=O) groups excluding carboxylic acids is 1. The zero-order chi connectivity index (χ0) is 38.3. The van der Waals surface area contributed by atoms with Crippen LogP contribution in [-0.2, 0) is 9.84 Å². The van der Waals surface area contributed by atoms with Crippen molar-refractivity contribution in [3.8, 4) is 0 Å². The first-order valence-electron chi connectivity index (χ1n) is 16.7. The first-order chi connectivity index (χ1) is 24.8. The van der Waals surface area contributed by atoms with E-state index in [0.29, 0.717) is 9.79 Å². The molecule has 6 aromatic rings. The van der Waals surface area contributed by atoms with Gasteiger partial charge in [-0.15, -0.1) is 0 Å². The molecule has 5 nitrogen and oxygen atoms in total. The molecule has 0 unspecified atom stereocenters. The number of hydrogen-bond donors (Lipinski definition) is 0. The summed E-state index contributed by atoms with van der Waals surface area (Å²) in [5.41, 5.74) is 10.7. The summed E-state index contributed by atoms with van der Waals surface area (Å²) in [6.45, 7) is 27.4. The Hall–Kier alpha value is -6.08. The predicted octanol–water partition coefficient (Wildman–Crippen LogP) is 12.1. The van der Waals surface area contributed by atoms with E-state index in [0.717, 1.165) is 50.3 Å². The lowest BCUT2D eigenvalue weighted by molar-refractivity contribution is 0.103. The zero-order valence-corrected chi connectivity index (χ0v) is 31.6. The first-order valence-corrected chi connectivity index (χ1v) is 18.2. The van der Waals surface area contributed by atoms with Crippen LogP contribution in [0.1, 0.15) is 54.9 Å². The molecular formula is C46H44N2O3S. The highest BCUT2D eigenvalue weighted by atomic mass is 32.2. The van der Waals surface area contributed by atoms with Crippen molar-refractivity contribution in [3.63, 3.8) is 0 Å². The van der Waals surface area contributed by atoms with Gasteiger partial charge < -0.3 is 0 Å². The van der Waals surface area contributed by atoms with Crippen molar-refractivity contribution in [2.45, 2.75) is 58.3 Å². The third-order valence-corrected chi connectivity index (χ3v) is 9.82. The van der Waals surface area contributed by atoms with Crippen molar-refractivity contribution in [1.29, 1.82) is 0 Å². The molecule has 6 aromatic carbocycles. The molecule has 0 atom stereocenters. The number of carbonyl (C=O) groups is 1. The number of nitrogens with zero attached hydrogens (tertiary/aromatic N) is 2. The molecule has 6 heteroatoms. The SMILES string of the molecule is Cc1ccc(C(=O)c2ccccc2)cc1.Cc1ccc(S(=O)(=O)c2ccc(C)cc2)cc1.[C-]#[N+]c1c(C)cccc1C.[C-]#[N+]c1ccc(C)cc1C. The number of hydrogen-bond acceptors (Lipinski definition) is 3. The van der Waals surface area contributed by atoms with E-state index in [1.54, 1.807) is 48.5 Å². The van der Waals surface area contributed by atoms with Crippen molar-refractivity contribution < 1.29 is 13.2 Å². The standard InChI is InChI=1S/C14H14O2S.C14H12O.2C9H9N/c1-11-3-7-13(8-4-11)17(15,16)14-9-5-12(2)6-10-14;1-11-7-9-13(10-8-11)14(15)12-5-3-2-4-6-12;1-7-4-5-9(10-3)8(2)6-7;1-7-5-4-6-8(2)9(7)10-3/h3-10H,1-2H3;2-10H,1H3;2*4-6H,1-2H3. The molecule has 6 rings (SSSR count). The monoisotopic (exact) mass is 704 g/mol. The Morgan fingerprint density at radius 2 is 0.885 bits per heavy atom. The lowest BCUT2D eigenvalue weighted by atomic mass is 10.0. The van der Waals surface area contributed by atoms with Gasteiger partial charge in [-0.1, -0.05) is 138 Å². The molecule has 0 heterocycles. The lowest BCUT2D eigenvalue weighted by Crippen LogP contribution is -2.01. The molecule has 0 spiro atoms. The smallest absolute Gasteiger partial charge is 0.206 e. The van der Waals surface area contributed by atoms with Crippen LogP contribution < -0.4 is 0 Å². The van der Waals surface area contributed by atoms with Gasteiger partial charge >= 0.3 is 0 Å². The van der Waals surface area contributed by atoms with Crippen LogP contribution in [0, 0.1) is 61.6 Å². The number of aryl methyl sites for hydroxylation is 7. The van der Waals surface area contributed by atoms with E-state index in [2.05, 4.69) is 9.69 Å². The zero-order valence-electron chi connectivity index (χ0n) is 30.8. The van der Waals surface area contributed by atoms with Crippen LogP contribution >= 0.6 is 0 Å². The normalized spacial score (nSPS) is 10.0. The molecule has 0 aliphatic carbocycles. The fourth-order valence-corrected chi connectivity index (χ4v) is 6.21. The molecule has 262 valence electrons. The van der Waals surface area contributed by atoms with Crippen molar-refractivity contribution in [1.82, 2.24) is 0 Å². The molecular weight excluding hydrogens is 661 g/mol. The summed E-state index contributed by atoms with van der Waals surface area (Å²) < 4.78 is 24.5. The van der Waals surface area contributed by atoms with Crippen molar-refractivity contribution in [2.75, 3.05) is 0 Å². The van der Waals surface area contributed by atoms with E-state index < -0.39 is 9.84 Å². The maximum atomic E-state index is 12.3. The van der Waals surface area contributed by atoms with Crippen molar-refractivity contribution in [2.24, 2.45) is 0 Å². The van der Waals surface area contributed by atoms with Gasteiger partial charge in [-0.05, 0) is 89.4 Å². The second-order valence-corrected chi connectivity index (χ2v) is 14.4. The minimum atomic E-state index is -3.37. The van der Waals surface area contributed by atoms with E-state index in [1.807, 2.05) is 139 Å². The Morgan fingerprint density at radius 3 is 1.29 bits per heavy atom. The maximum Gasteiger partial charge on any atom is 0.206 e. The van der Waals surface area contributed by atoms with Crippen molar-refractivity contribution >= 4 is 27.0 Å². The quantitative estimate of drug-likeness (QED) is 0.136. The van der Waals surface area contributed by atoms with Crippen LogP contribution in [0.2, 0.25) is 0 Å². The second-order valence-electron chi connectivity index (χ2n) is 12.4. The molecule has 0 fully saturated rings. The summed E-state index contributed by atoms with van der Waals surface area (Å²) in [7, 11) is -3.37. The van der Waals surface area contributed by atoms with Crippen LogP contribution in [0.4, 0.5) is 11.4 Å². The third-order valence-electron chi connectivity index (χ3n) is 8.04. The summed E-state index contributed by atoms with van der Waals surface area (Å²) in [5, 5.41) is 0. The fraction of sp³-hybridized carbons (Fsp3) is 0.152. The van der Waals surface area contributed by atoms with E-state index in [1.165, 1.54) is 11.1 Å². The molecule has 0 saturated carbocycles. The number of ketones is 1. The molecule has 0 saturated heterocycles. The average Bonchev–Trinajstić information content (AvgIpc) is 3.13. The van der Waals surface area contributed by atoms with Gasteiger partial charge in [-0.25, -0.2) is 18.1 Å². The summed E-state index contributed by atoms with van der Waals surface area (Å²) in [6.07, 6.45) is 0. The lowest BCUT2D eigenvalue weighted by Gasteiger charge is -2.05. The minimum absolute atomic E-state index is 0.0793. The highest BCUT2D eigenvalue weighted by Gasteiger charge is 2.16. The van der Waals surface area contributed by atoms with Gasteiger partial charge in [0.25, 0.3) is 0 Å². The van der Waals surface area contributed by atoms with Gasteiger partial charge in [-0.2, -0.15) is 0 Å². The Bertz CT molecular complexity index is 2210. The van der Waals surface area contributed by atoms with Crippen LogP contribution in [0.25, 0.3) is 9.69 Å². The molecule has 0 aliphatic heterocycles. The van der Waals surface area contributed by atoms with Crippen LogP contribution in [-0.4, -0.2) is 14.2 Å². The summed E-state index contributed by atoms with van der Waals surface area (Å²) in [5.74, 6) is 0.0793. The van der Waals surface area contributed by atoms with Crippen molar-refractivity contribution in [3.05, 3.63) is 212 Å². The van der Waals surface area contributed by atoms with E-state index in [4.69, 9.17) is 13.1 Å². The van der Waals surface area contributed by atoms with E-state index >= 15 is 0 Å². The number of para-hydroxylation sites is 1. The van der Waals surface area contributed by atoms with Gasteiger partial charge in [0.1, 0.15) is 0 Å². The van der Waals surface area contributed by atoms with Gasteiger partial charge in [0.15, 0.2) is 17.2 Å². The molecule has 0 amide bonds.